The van der Waals surface area contributed by atoms with Crippen molar-refractivity contribution >= 4 is 22.6 Å². The number of aromatic nitrogens is 3. The van der Waals surface area contributed by atoms with Gasteiger partial charge in [-0.3, -0.25) is 10.1 Å². The van der Waals surface area contributed by atoms with Crippen molar-refractivity contribution in [2.75, 3.05) is 25.1 Å². The van der Waals surface area contributed by atoms with E-state index < -0.39 is 5.41 Å². The molecule has 16 heavy (non-hydrogen) atoms. The Morgan fingerprint density at radius 1 is 1.56 bits per heavy atom. The molecule has 1 amide bonds. The third-order valence-corrected chi connectivity index (χ3v) is 3.35. The summed E-state index contributed by atoms with van der Waals surface area (Å²) in [6.07, 6.45) is 1.28. The van der Waals surface area contributed by atoms with E-state index in [4.69, 9.17) is 10.5 Å². The Hall–Kier alpha value is -1.12. The molecule has 0 bridgehead atoms. The molecule has 1 fully saturated rings. The molecular weight excluding hydrogens is 230 g/mol. The summed E-state index contributed by atoms with van der Waals surface area (Å²) >= 11 is 1.05. The number of hydrogen-bond acceptors (Lipinski definition) is 7. The molecular formula is C8H13N5O2S. The standard InChI is InChI=1S/C8H13N5O2S/c9-5-8(1-3-15-4-2-8)6(14)10-7-11-12-13-16-7/h1-5,9H2,(H,10,11,13,14). The van der Waals surface area contributed by atoms with Crippen LogP contribution in [0.25, 0.3) is 0 Å². The summed E-state index contributed by atoms with van der Waals surface area (Å²) in [5, 5.41) is 10.2. The Kier molecular flexibility index (Phi) is 3.42. The minimum absolute atomic E-state index is 0.114. The molecule has 2 heterocycles. The minimum Gasteiger partial charge on any atom is -0.381 e. The van der Waals surface area contributed by atoms with Crippen LogP contribution in [0.1, 0.15) is 12.8 Å². The van der Waals surface area contributed by atoms with Gasteiger partial charge in [-0.05, 0) is 18.1 Å². The molecule has 1 aliphatic heterocycles. The molecule has 1 aliphatic rings. The predicted octanol–water partition coefficient (Wildman–Crippen LogP) is -0.373. The number of hydrogen-bond donors (Lipinski definition) is 2. The first-order valence-electron chi connectivity index (χ1n) is 5.01. The lowest BCUT2D eigenvalue weighted by Gasteiger charge is -2.33. The van der Waals surface area contributed by atoms with Crippen molar-refractivity contribution in [1.29, 1.82) is 0 Å². The lowest BCUT2D eigenvalue weighted by molar-refractivity contribution is -0.130. The Morgan fingerprint density at radius 2 is 2.31 bits per heavy atom. The van der Waals surface area contributed by atoms with E-state index >= 15 is 0 Å². The Balaban J connectivity index is 2.06. The molecule has 0 saturated carbocycles. The second-order valence-electron chi connectivity index (χ2n) is 3.72. The molecule has 1 aromatic heterocycles. The van der Waals surface area contributed by atoms with Crippen LogP contribution in [0.15, 0.2) is 0 Å². The molecule has 0 spiro atoms. The Morgan fingerprint density at radius 3 is 2.88 bits per heavy atom. The normalized spacial score (nSPS) is 19.3. The molecule has 0 aliphatic carbocycles. The molecule has 7 nitrogen and oxygen atoms in total. The number of rotatable bonds is 3. The van der Waals surface area contributed by atoms with Crippen LogP contribution < -0.4 is 11.1 Å². The second-order valence-corrected chi connectivity index (χ2v) is 4.45. The fourth-order valence-corrected chi connectivity index (χ4v) is 2.06. The molecule has 0 radical (unpaired) electrons. The quantitative estimate of drug-likeness (QED) is 0.750. The highest BCUT2D eigenvalue weighted by atomic mass is 32.1. The van der Waals surface area contributed by atoms with E-state index in [2.05, 4.69) is 20.1 Å². The third-order valence-electron chi connectivity index (χ3n) is 2.84. The predicted molar refractivity (Wildman–Crippen MR) is 57.9 cm³/mol. The first-order chi connectivity index (χ1) is 7.77. The average molecular weight is 243 g/mol. The van der Waals surface area contributed by atoms with Gasteiger partial charge in [-0.15, -0.1) is 0 Å². The lowest BCUT2D eigenvalue weighted by atomic mass is 9.79. The van der Waals surface area contributed by atoms with E-state index in [1.54, 1.807) is 0 Å². The topological polar surface area (TPSA) is 103 Å². The van der Waals surface area contributed by atoms with Gasteiger partial charge in [0.05, 0.1) is 5.41 Å². The second kappa shape index (κ2) is 4.81. The largest absolute Gasteiger partial charge is 0.381 e. The molecule has 0 aromatic carbocycles. The molecule has 8 heteroatoms. The van der Waals surface area contributed by atoms with Crippen molar-refractivity contribution in [2.24, 2.45) is 11.1 Å². The zero-order chi connectivity index (χ0) is 11.4. The lowest BCUT2D eigenvalue weighted by Crippen LogP contribution is -2.46. The zero-order valence-corrected chi connectivity index (χ0v) is 9.50. The van der Waals surface area contributed by atoms with Gasteiger partial charge in [-0.1, -0.05) is 9.59 Å². The number of anilines is 1. The maximum atomic E-state index is 12.1. The van der Waals surface area contributed by atoms with Crippen LogP contribution in [-0.4, -0.2) is 40.5 Å². The number of carbonyl (C=O) groups excluding carboxylic acids is 1. The number of nitrogens with one attached hydrogen (secondary N) is 1. The summed E-state index contributed by atoms with van der Waals surface area (Å²) < 4.78 is 8.82. The highest BCUT2D eigenvalue weighted by Crippen LogP contribution is 2.30. The zero-order valence-electron chi connectivity index (χ0n) is 8.68. The summed E-state index contributed by atoms with van der Waals surface area (Å²) in [5.41, 5.74) is 5.17. The van der Waals surface area contributed by atoms with Crippen molar-refractivity contribution in [3.63, 3.8) is 0 Å². The molecule has 1 aromatic rings. The van der Waals surface area contributed by atoms with Crippen LogP contribution >= 0.6 is 11.5 Å². The van der Waals surface area contributed by atoms with Crippen molar-refractivity contribution in [3.05, 3.63) is 0 Å². The Bertz CT molecular complexity index is 349. The van der Waals surface area contributed by atoms with Gasteiger partial charge in [0, 0.05) is 31.3 Å². The Labute approximate surface area is 96.5 Å². The van der Waals surface area contributed by atoms with Crippen molar-refractivity contribution in [2.45, 2.75) is 12.8 Å². The SMILES string of the molecule is NCC1(C(=O)Nc2nnns2)CCOCC1. The molecule has 1 saturated heterocycles. The number of ether oxygens (including phenoxy) is 1. The maximum absolute atomic E-state index is 12.1. The van der Waals surface area contributed by atoms with E-state index in [-0.39, 0.29) is 5.91 Å². The number of amides is 1. The van der Waals surface area contributed by atoms with Crippen LogP contribution in [0.2, 0.25) is 0 Å². The van der Waals surface area contributed by atoms with Crippen molar-refractivity contribution in [1.82, 2.24) is 14.8 Å². The molecule has 3 N–H and O–H groups in total. The fraction of sp³-hybridized carbons (Fsp3) is 0.750. The fourth-order valence-electron chi connectivity index (χ4n) is 1.70. The van der Waals surface area contributed by atoms with Crippen LogP contribution in [0, 0.1) is 5.41 Å². The monoisotopic (exact) mass is 243 g/mol. The van der Waals surface area contributed by atoms with E-state index in [0.29, 0.717) is 37.7 Å². The highest BCUT2D eigenvalue weighted by molar-refractivity contribution is 7.09. The van der Waals surface area contributed by atoms with Gasteiger partial charge in [0.2, 0.25) is 11.0 Å². The van der Waals surface area contributed by atoms with E-state index in [9.17, 15) is 4.79 Å². The van der Waals surface area contributed by atoms with E-state index in [1.165, 1.54) is 0 Å². The summed E-state index contributed by atoms with van der Waals surface area (Å²) in [7, 11) is 0. The number of nitrogens with zero attached hydrogens (tertiary/aromatic N) is 3. The first kappa shape index (κ1) is 11.4. The summed E-state index contributed by atoms with van der Waals surface area (Å²) in [6, 6.07) is 0. The van der Waals surface area contributed by atoms with Crippen molar-refractivity contribution < 1.29 is 9.53 Å². The summed E-state index contributed by atoms with van der Waals surface area (Å²) in [4.78, 5) is 12.1. The summed E-state index contributed by atoms with van der Waals surface area (Å²) in [6.45, 7) is 1.45. The van der Waals surface area contributed by atoms with Gasteiger partial charge in [0.15, 0.2) is 0 Å². The van der Waals surface area contributed by atoms with Gasteiger partial charge >= 0.3 is 0 Å². The molecule has 88 valence electrons. The van der Waals surface area contributed by atoms with E-state index in [1.807, 2.05) is 0 Å². The van der Waals surface area contributed by atoms with Gasteiger partial charge < -0.3 is 10.5 Å². The highest BCUT2D eigenvalue weighted by Gasteiger charge is 2.39. The molecule has 0 atom stereocenters. The first-order valence-corrected chi connectivity index (χ1v) is 5.78. The van der Waals surface area contributed by atoms with Crippen LogP contribution in [-0.2, 0) is 9.53 Å². The number of carbonyl (C=O) groups is 1. The van der Waals surface area contributed by atoms with Crippen LogP contribution in [0.5, 0.6) is 0 Å². The minimum atomic E-state index is -0.538. The molecule has 0 unspecified atom stereocenters. The van der Waals surface area contributed by atoms with Gasteiger partial charge in [-0.2, -0.15) is 0 Å². The van der Waals surface area contributed by atoms with Gasteiger partial charge in [-0.25, -0.2) is 0 Å². The van der Waals surface area contributed by atoms with E-state index in [0.717, 1.165) is 11.5 Å². The number of nitrogens with two attached hydrogens (primary N) is 1. The van der Waals surface area contributed by atoms with Gasteiger partial charge in [0.25, 0.3) is 0 Å². The van der Waals surface area contributed by atoms with Crippen LogP contribution in [0.4, 0.5) is 5.13 Å². The van der Waals surface area contributed by atoms with Crippen molar-refractivity contribution in [3.8, 4) is 0 Å². The summed E-state index contributed by atoms with van der Waals surface area (Å²) in [5.74, 6) is -0.114. The van der Waals surface area contributed by atoms with Gasteiger partial charge in [0.1, 0.15) is 0 Å². The average Bonchev–Trinajstić information content (AvgIpc) is 2.82. The molecule has 2 rings (SSSR count). The smallest absolute Gasteiger partial charge is 0.233 e. The van der Waals surface area contributed by atoms with Crippen LogP contribution in [0.3, 0.4) is 0 Å². The maximum Gasteiger partial charge on any atom is 0.233 e. The third kappa shape index (κ3) is 2.18.